The van der Waals surface area contributed by atoms with Crippen LogP contribution in [0.15, 0.2) is 96.2 Å². The van der Waals surface area contributed by atoms with Crippen molar-refractivity contribution < 1.29 is 9.63 Å². The molecular formula is C22H17NO2. The SMILES string of the molecule is O=C(c1ccccc1)C1ON=C(c2ccccc2)C1c1ccccc1. The summed E-state index contributed by atoms with van der Waals surface area (Å²) in [5.41, 5.74) is 3.43. The molecule has 2 unspecified atom stereocenters. The Morgan fingerprint density at radius 1 is 0.760 bits per heavy atom. The van der Waals surface area contributed by atoms with Crippen LogP contribution in [-0.4, -0.2) is 17.6 Å². The standard InChI is InChI=1S/C22H17NO2/c24-21(18-14-8-3-9-15-18)22-19(16-10-4-1-5-11-16)20(23-25-22)17-12-6-2-7-13-17/h1-15,19,22H. The number of Topliss-reactive ketones (excluding diaryl/α,β-unsaturated/α-hetero) is 1. The fourth-order valence-electron chi connectivity index (χ4n) is 3.17. The predicted octanol–water partition coefficient (Wildman–Crippen LogP) is 4.46. The van der Waals surface area contributed by atoms with E-state index in [1.54, 1.807) is 0 Å². The molecule has 0 saturated carbocycles. The lowest BCUT2D eigenvalue weighted by molar-refractivity contribution is 0.0516. The zero-order valence-corrected chi connectivity index (χ0v) is 13.6. The quantitative estimate of drug-likeness (QED) is 0.664. The number of hydrogen-bond donors (Lipinski definition) is 0. The monoisotopic (exact) mass is 327 g/mol. The molecular weight excluding hydrogens is 310 g/mol. The van der Waals surface area contributed by atoms with Gasteiger partial charge < -0.3 is 4.84 Å². The van der Waals surface area contributed by atoms with E-state index in [4.69, 9.17) is 4.84 Å². The smallest absolute Gasteiger partial charge is 0.207 e. The van der Waals surface area contributed by atoms with Gasteiger partial charge in [0.25, 0.3) is 0 Å². The highest BCUT2D eigenvalue weighted by Crippen LogP contribution is 2.34. The van der Waals surface area contributed by atoms with Crippen LogP contribution in [0.1, 0.15) is 27.4 Å². The van der Waals surface area contributed by atoms with Crippen LogP contribution < -0.4 is 0 Å². The molecule has 3 nitrogen and oxygen atoms in total. The van der Waals surface area contributed by atoms with Crippen molar-refractivity contribution in [3.63, 3.8) is 0 Å². The summed E-state index contributed by atoms with van der Waals surface area (Å²) in [4.78, 5) is 18.7. The number of nitrogens with zero attached hydrogens (tertiary/aromatic N) is 1. The van der Waals surface area contributed by atoms with Gasteiger partial charge in [-0.2, -0.15) is 0 Å². The first-order valence-corrected chi connectivity index (χ1v) is 8.28. The molecule has 0 N–H and O–H groups in total. The number of oxime groups is 1. The average molecular weight is 327 g/mol. The van der Waals surface area contributed by atoms with E-state index in [0.29, 0.717) is 5.56 Å². The van der Waals surface area contributed by atoms with Crippen molar-refractivity contribution >= 4 is 11.5 Å². The van der Waals surface area contributed by atoms with Gasteiger partial charge in [0.2, 0.25) is 11.9 Å². The van der Waals surface area contributed by atoms with Crippen LogP contribution in [0.25, 0.3) is 0 Å². The molecule has 3 heteroatoms. The minimum absolute atomic E-state index is 0.0517. The lowest BCUT2D eigenvalue weighted by Crippen LogP contribution is -2.30. The van der Waals surface area contributed by atoms with Crippen molar-refractivity contribution in [3.05, 3.63) is 108 Å². The Bertz CT molecular complexity index is 889. The van der Waals surface area contributed by atoms with Gasteiger partial charge in [0.15, 0.2) is 0 Å². The molecule has 25 heavy (non-hydrogen) atoms. The molecule has 0 spiro atoms. The van der Waals surface area contributed by atoms with E-state index in [1.807, 2.05) is 91.0 Å². The van der Waals surface area contributed by atoms with Crippen LogP contribution in [0.2, 0.25) is 0 Å². The van der Waals surface area contributed by atoms with E-state index in [1.165, 1.54) is 0 Å². The molecule has 122 valence electrons. The summed E-state index contributed by atoms with van der Waals surface area (Å²) in [5, 5.41) is 4.29. The molecule has 0 amide bonds. The Balaban J connectivity index is 1.75. The molecule has 0 fully saturated rings. The van der Waals surface area contributed by atoms with E-state index in [-0.39, 0.29) is 11.7 Å². The van der Waals surface area contributed by atoms with Crippen LogP contribution in [0, 0.1) is 0 Å². The highest BCUT2D eigenvalue weighted by Gasteiger charge is 2.41. The van der Waals surface area contributed by atoms with Crippen LogP contribution >= 0.6 is 0 Å². The molecule has 0 saturated heterocycles. The van der Waals surface area contributed by atoms with E-state index in [9.17, 15) is 4.79 Å². The fraction of sp³-hybridized carbons (Fsp3) is 0.0909. The van der Waals surface area contributed by atoms with E-state index < -0.39 is 6.10 Å². The minimum atomic E-state index is -0.653. The second kappa shape index (κ2) is 6.73. The minimum Gasteiger partial charge on any atom is -0.383 e. The lowest BCUT2D eigenvalue weighted by Gasteiger charge is -2.18. The summed E-state index contributed by atoms with van der Waals surface area (Å²) in [6.07, 6.45) is -0.653. The van der Waals surface area contributed by atoms with Gasteiger partial charge in [-0.1, -0.05) is 96.2 Å². The Labute approximate surface area is 146 Å². The van der Waals surface area contributed by atoms with Crippen LogP contribution in [-0.2, 0) is 4.84 Å². The molecule has 0 aliphatic carbocycles. The molecule has 1 heterocycles. The fourth-order valence-corrected chi connectivity index (χ4v) is 3.17. The second-order valence-electron chi connectivity index (χ2n) is 5.99. The number of carbonyl (C=O) groups is 1. The highest BCUT2D eigenvalue weighted by molar-refractivity contribution is 6.12. The van der Waals surface area contributed by atoms with E-state index in [0.717, 1.165) is 16.8 Å². The maximum atomic E-state index is 13.0. The molecule has 0 radical (unpaired) electrons. The largest absolute Gasteiger partial charge is 0.383 e. The topological polar surface area (TPSA) is 38.7 Å². The third-order valence-corrected chi connectivity index (χ3v) is 4.41. The summed E-state index contributed by atoms with van der Waals surface area (Å²) in [6, 6.07) is 29.1. The molecule has 3 aromatic carbocycles. The summed E-state index contributed by atoms with van der Waals surface area (Å²) < 4.78 is 0. The van der Waals surface area contributed by atoms with Crippen LogP contribution in [0.4, 0.5) is 0 Å². The second-order valence-corrected chi connectivity index (χ2v) is 5.99. The zero-order valence-electron chi connectivity index (χ0n) is 13.6. The van der Waals surface area contributed by atoms with Gasteiger partial charge in [0.05, 0.1) is 11.6 Å². The normalized spacial score (nSPS) is 19.1. The Morgan fingerprint density at radius 2 is 1.32 bits per heavy atom. The Kier molecular flexibility index (Phi) is 4.13. The van der Waals surface area contributed by atoms with E-state index in [2.05, 4.69) is 5.16 Å². The van der Waals surface area contributed by atoms with Crippen LogP contribution in [0.5, 0.6) is 0 Å². The van der Waals surface area contributed by atoms with E-state index >= 15 is 0 Å². The van der Waals surface area contributed by atoms with Crippen molar-refractivity contribution in [2.45, 2.75) is 12.0 Å². The third-order valence-electron chi connectivity index (χ3n) is 4.41. The zero-order chi connectivity index (χ0) is 17.1. The predicted molar refractivity (Wildman–Crippen MR) is 97.8 cm³/mol. The summed E-state index contributed by atoms with van der Waals surface area (Å²) >= 11 is 0. The van der Waals surface area contributed by atoms with Gasteiger partial charge in [0.1, 0.15) is 0 Å². The molecule has 0 bridgehead atoms. The molecule has 1 aliphatic rings. The first-order valence-electron chi connectivity index (χ1n) is 8.28. The number of ketones is 1. The molecule has 2 atom stereocenters. The van der Waals surface area contributed by atoms with Crippen molar-refractivity contribution in [3.8, 4) is 0 Å². The number of rotatable bonds is 4. The number of benzene rings is 3. The van der Waals surface area contributed by atoms with Crippen molar-refractivity contribution in [2.75, 3.05) is 0 Å². The lowest BCUT2D eigenvalue weighted by atomic mass is 9.83. The Morgan fingerprint density at radius 3 is 1.96 bits per heavy atom. The highest BCUT2D eigenvalue weighted by atomic mass is 16.6. The molecule has 1 aliphatic heterocycles. The van der Waals surface area contributed by atoms with Gasteiger partial charge in [-0.25, -0.2) is 0 Å². The molecule has 0 aromatic heterocycles. The number of hydrogen-bond acceptors (Lipinski definition) is 3. The molecule has 4 rings (SSSR count). The summed E-state index contributed by atoms with van der Waals surface area (Å²) in [5.74, 6) is -0.277. The first-order chi connectivity index (χ1) is 12.3. The van der Waals surface area contributed by atoms with Crippen molar-refractivity contribution in [1.82, 2.24) is 0 Å². The summed E-state index contributed by atoms with van der Waals surface area (Å²) in [6.45, 7) is 0. The maximum absolute atomic E-state index is 13.0. The van der Waals surface area contributed by atoms with Gasteiger partial charge in [-0.05, 0) is 5.56 Å². The van der Waals surface area contributed by atoms with Gasteiger partial charge in [-0.15, -0.1) is 0 Å². The first kappa shape index (κ1) is 15.3. The van der Waals surface area contributed by atoms with Crippen molar-refractivity contribution in [1.29, 1.82) is 0 Å². The van der Waals surface area contributed by atoms with Gasteiger partial charge in [-0.3, -0.25) is 4.79 Å². The molecule has 3 aromatic rings. The average Bonchev–Trinajstić information content (AvgIpc) is 3.14. The van der Waals surface area contributed by atoms with Crippen molar-refractivity contribution in [2.24, 2.45) is 5.16 Å². The summed E-state index contributed by atoms with van der Waals surface area (Å²) in [7, 11) is 0. The van der Waals surface area contributed by atoms with Gasteiger partial charge >= 0.3 is 0 Å². The van der Waals surface area contributed by atoms with Gasteiger partial charge in [0, 0.05) is 11.1 Å². The number of carbonyl (C=O) groups excluding carboxylic acids is 1. The van der Waals surface area contributed by atoms with Crippen LogP contribution in [0.3, 0.4) is 0 Å². The Hall–Kier alpha value is -3.20. The maximum Gasteiger partial charge on any atom is 0.207 e. The third kappa shape index (κ3) is 2.96.